The number of anilines is 1. The highest BCUT2D eigenvalue weighted by atomic mass is 35.5. The first-order valence-corrected chi connectivity index (χ1v) is 7.45. The summed E-state index contributed by atoms with van der Waals surface area (Å²) < 4.78 is 5.24. The lowest BCUT2D eigenvalue weighted by Crippen LogP contribution is -2.31. The van der Waals surface area contributed by atoms with Crippen molar-refractivity contribution in [2.24, 2.45) is 0 Å². The minimum absolute atomic E-state index is 0.225. The largest absolute Gasteiger partial charge is 0.497 e. The minimum Gasteiger partial charge on any atom is -0.497 e. The van der Waals surface area contributed by atoms with Crippen molar-refractivity contribution in [1.29, 1.82) is 0 Å². The molecular formula is C15H17ClN4O. The summed E-state index contributed by atoms with van der Waals surface area (Å²) in [5.74, 6) is 2.01. The lowest BCUT2D eigenvalue weighted by atomic mass is 10.1. The number of halogens is 1. The van der Waals surface area contributed by atoms with Crippen LogP contribution in [0.15, 0.2) is 24.3 Å². The van der Waals surface area contributed by atoms with Crippen molar-refractivity contribution in [2.75, 3.05) is 25.1 Å². The Labute approximate surface area is 129 Å². The molecule has 1 fully saturated rings. The Bertz CT molecular complexity index is 629. The Balaban J connectivity index is 1.96. The molecule has 0 amide bonds. The Morgan fingerprint density at radius 3 is 2.67 bits per heavy atom. The number of hydrogen-bond donors (Lipinski definition) is 0. The second-order valence-corrected chi connectivity index (χ2v) is 5.35. The molecule has 6 heteroatoms. The summed E-state index contributed by atoms with van der Waals surface area (Å²) >= 11 is 6.07. The third kappa shape index (κ3) is 3.24. The van der Waals surface area contributed by atoms with Gasteiger partial charge in [0.2, 0.25) is 11.2 Å². The normalized spacial score (nSPS) is 15.0. The molecule has 0 bridgehead atoms. The van der Waals surface area contributed by atoms with E-state index in [0.717, 1.165) is 37.2 Å². The van der Waals surface area contributed by atoms with E-state index < -0.39 is 0 Å². The molecule has 0 saturated carbocycles. The van der Waals surface area contributed by atoms with E-state index >= 15 is 0 Å². The van der Waals surface area contributed by atoms with Crippen molar-refractivity contribution in [3.05, 3.63) is 29.5 Å². The van der Waals surface area contributed by atoms with E-state index in [1.165, 1.54) is 6.42 Å². The molecule has 110 valence electrons. The van der Waals surface area contributed by atoms with Crippen LogP contribution in [0, 0.1) is 0 Å². The maximum atomic E-state index is 6.07. The highest BCUT2D eigenvalue weighted by molar-refractivity contribution is 6.28. The van der Waals surface area contributed by atoms with Crippen molar-refractivity contribution in [1.82, 2.24) is 15.0 Å². The molecule has 1 aromatic carbocycles. The number of nitrogens with zero attached hydrogens (tertiary/aromatic N) is 4. The predicted octanol–water partition coefficient (Wildman–Crippen LogP) is 3.19. The van der Waals surface area contributed by atoms with Gasteiger partial charge in [0, 0.05) is 18.7 Å². The van der Waals surface area contributed by atoms with Crippen molar-refractivity contribution in [3.8, 4) is 17.1 Å². The average molecular weight is 305 g/mol. The zero-order valence-corrected chi connectivity index (χ0v) is 12.7. The first-order valence-electron chi connectivity index (χ1n) is 7.07. The van der Waals surface area contributed by atoms with Crippen LogP contribution in [0.1, 0.15) is 19.3 Å². The van der Waals surface area contributed by atoms with E-state index in [1.54, 1.807) is 7.11 Å². The van der Waals surface area contributed by atoms with Crippen LogP contribution in [-0.4, -0.2) is 35.2 Å². The number of benzene rings is 1. The van der Waals surface area contributed by atoms with Gasteiger partial charge in [-0.05, 0) is 43.0 Å². The van der Waals surface area contributed by atoms with Gasteiger partial charge in [0.15, 0.2) is 5.82 Å². The summed E-state index contributed by atoms with van der Waals surface area (Å²) in [6, 6.07) is 7.63. The van der Waals surface area contributed by atoms with Crippen molar-refractivity contribution >= 4 is 17.5 Å². The van der Waals surface area contributed by atoms with Gasteiger partial charge in [-0.1, -0.05) is 12.1 Å². The van der Waals surface area contributed by atoms with E-state index in [2.05, 4.69) is 19.9 Å². The fourth-order valence-electron chi connectivity index (χ4n) is 2.47. The van der Waals surface area contributed by atoms with Gasteiger partial charge in [0.25, 0.3) is 0 Å². The summed E-state index contributed by atoms with van der Waals surface area (Å²) in [4.78, 5) is 15.2. The summed E-state index contributed by atoms with van der Waals surface area (Å²) in [6.07, 6.45) is 3.59. The Morgan fingerprint density at radius 2 is 1.90 bits per heavy atom. The molecule has 0 aliphatic carbocycles. The molecule has 0 atom stereocenters. The first-order chi connectivity index (χ1) is 10.3. The van der Waals surface area contributed by atoms with Crippen LogP contribution in [0.5, 0.6) is 5.75 Å². The lowest BCUT2D eigenvalue weighted by molar-refractivity contribution is 0.415. The van der Waals surface area contributed by atoms with E-state index in [-0.39, 0.29) is 5.28 Å². The van der Waals surface area contributed by atoms with Gasteiger partial charge < -0.3 is 9.64 Å². The molecule has 0 radical (unpaired) electrons. The van der Waals surface area contributed by atoms with Crippen LogP contribution in [0.3, 0.4) is 0 Å². The summed E-state index contributed by atoms with van der Waals surface area (Å²) in [5.41, 5.74) is 0.872. The van der Waals surface area contributed by atoms with Gasteiger partial charge in [-0.2, -0.15) is 15.0 Å². The number of aromatic nitrogens is 3. The van der Waals surface area contributed by atoms with Gasteiger partial charge >= 0.3 is 0 Å². The smallest absolute Gasteiger partial charge is 0.230 e. The first kappa shape index (κ1) is 14.1. The van der Waals surface area contributed by atoms with Crippen LogP contribution in [0.4, 0.5) is 5.95 Å². The Morgan fingerprint density at radius 1 is 1.10 bits per heavy atom. The molecule has 21 heavy (non-hydrogen) atoms. The number of ether oxygens (including phenoxy) is 1. The topological polar surface area (TPSA) is 51.1 Å². The van der Waals surface area contributed by atoms with Crippen molar-refractivity contribution in [3.63, 3.8) is 0 Å². The number of hydrogen-bond acceptors (Lipinski definition) is 5. The van der Waals surface area contributed by atoms with Crippen LogP contribution >= 0.6 is 11.6 Å². The van der Waals surface area contributed by atoms with Crippen LogP contribution < -0.4 is 9.64 Å². The molecule has 2 aromatic rings. The second-order valence-electron chi connectivity index (χ2n) is 5.01. The Hall–Kier alpha value is -1.88. The van der Waals surface area contributed by atoms with E-state index in [0.29, 0.717) is 11.8 Å². The zero-order chi connectivity index (χ0) is 14.7. The molecule has 0 N–H and O–H groups in total. The SMILES string of the molecule is COc1cccc(-c2nc(Cl)nc(N3CCCCC3)n2)c1. The molecule has 1 aliphatic heterocycles. The second kappa shape index (κ2) is 6.26. The molecule has 3 rings (SSSR count). The molecular weight excluding hydrogens is 288 g/mol. The summed E-state index contributed by atoms with van der Waals surface area (Å²) in [5, 5.41) is 0.225. The molecule has 0 unspecified atom stereocenters. The van der Waals surface area contributed by atoms with Gasteiger partial charge in [-0.3, -0.25) is 0 Å². The maximum absolute atomic E-state index is 6.07. The fraction of sp³-hybridized carbons (Fsp3) is 0.400. The van der Waals surface area contributed by atoms with Gasteiger partial charge in [0.1, 0.15) is 5.75 Å². The number of rotatable bonds is 3. The van der Waals surface area contributed by atoms with Crippen molar-refractivity contribution < 1.29 is 4.74 Å². The highest BCUT2D eigenvalue weighted by Crippen LogP contribution is 2.24. The summed E-state index contributed by atoms with van der Waals surface area (Å²) in [7, 11) is 1.64. The average Bonchev–Trinajstić information content (AvgIpc) is 2.55. The molecule has 1 aliphatic rings. The van der Waals surface area contributed by atoms with Crippen molar-refractivity contribution in [2.45, 2.75) is 19.3 Å². The van der Waals surface area contributed by atoms with E-state index in [1.807, 2.05) is 24.3 Å². The number of methoxy groups -OCH3 is 1. The van der Waals surface area contributed by atoms with Crippen LogP contribution in [-0.2, 0) is 0 Å². The maximum Gasteiger partial charge on any atom is 0.230 e. The predicted molar refractivity (Wildman–Crippen MR) is 82.9 cm³/mol. The number of piperidine rings is 1. The Kier molecular flexibility index (Phi) is 4.20. The lowest BCUT2D eigenvalue weighted by Gasteiger charge is -2.26. The zero-order valence-electron chi connectivity index (χ0n) is 11.9. The molecule has 1 saturated heterocycles. The van der Waals surface area contributed by atoms with E-state index in [9.17, 15) is 0 Å². The standard InChI is InChI=1S/C15H17ClN4O/c1-21-12-7-5-6-11(10-12)13-17-14(16)19-15(18-13)20-8-3-2-4-9-20/h5-7,10H,2-4,8-9H2,1H3. The fourth-order valence-corrected chi connectivity index (χ4v) is 2.62. The summed E-state index contributed by atoms with van der Waals surface area (Å²) in [6.45, 7) is 1.94. The quantitative estimate of drug-likeness (QED) is 0.871. The molecule has 1 aromatic heterocycles. The molecule has 2 heterocycles. The third-order valence-electron chi connectivity index (χ3n) is 3.56. The van der Waals surface area contributed by atoms with Gasteiger partial charge in [0.05, 0.1) is 7.11 Å². The van der Waals surface area contributed by atoms with Crippen LogP contribution in [0.25, 0.3) is 11.4 Å². The highest BCUT2D eigenvalue weighted by Gasteiger charge is 2.16. The monoisotopic (exact) mass is 304 g/mol. The van der Waals surface area contributed by atoms with E-state index in [4.69, 9.17) is 16.3 Å². The van der Waals surface area contributed by atoms with Gasteiger partial charge in [-0.15, -0.1) is 0 Å². The third-order valence-corrected chi connectivity index (χ3v) is 3.73. The molecule has 0 spiro atoms. The molecule has 5 nitrogen and oxygen atoms in total. The van der Waals surface area contributed by atoms with Crippen LogP contribution in [0.2, 0.25) is 5.28 Å². The minimum atomic E-state index is 0.225. The van der Waals surface area contributed by atoms with Gasteiger partial charge in [-0.25, -0.2) is 0 Å².